The van der Waals surface area contributed by atoms with Gasteiger partial charge in [0.15, 0.2) is 0 Å². The van der Waals surface area contributed by atoms with Crippen LogP contribution in [0.3, 0.4) is 0 Å². The molecule has 1 unspecified atom stereocenters. The fraction of sp³-hybridized carbons (Fsp3) is 0.750. The molecule has 0 aromatic carbocycles. The van der Waals surface area contributed by atoms with E-state index in [1.54, 1.807) is 6.92 Å². The minimum Gasteiger partial charge on any atom is -0.338 e. The molecule has 6 heteroatoms. The summed E-state index contributed by atoms with van der Waals surface area (Å²) < 4.78 is 37.2. The van der Waals surface area contributed by atoms with Crippen molar-refractivity contribution in [3.8, 4) is 0 Å². The van der Waals surface area contributed by atoms with Gasteiger partial charge >= 0.3 is 6.18 Å². The molecule has 0 spiro atoms. The molecule has 0 saturated heterocycles. The molecular weight excluding hydrogens is 245 g/mol. The van der Waals surface area contributed by atoms with Crippen LogP contribution < -0.4 is 5.32 Å². The first-order chi connectivity index (χ1) is 8.36. The standard InChI is InChI=1S/C12H19F3N2O/c1-3-16-8-9(2)11(18)17-6-4-10(5-7-17)12(13,14)15/h4,9,16H,3,5-8H2,1-2H3. The SMILES string of the molecule is CCNCC(C)C(=O)N1CC=C(C(F)(F)F)CC1. The quantitative estimate of drug-likeness (QED) is 0.787. The Balaban J connectivity index is 2.52. The van der Waals surface area contributed by atoms with Crippen molar-refractivity contribution in [3.05, 3.63) is 11.6 Å². The molecule has 3 nitrogen and oxygen atoms in total. The molecule has 0 fully saturated rings. The second kappa shape index (κ2) is 6.22. The predicted octanol–water partition coefficient (Wildman–Crippen LogP) is 1.95. The molecule has 0 saturated carbocycles. The van der Waals surface area contributed by atoms with Gasteiger partial charge in [-0.3, -0.25) is 4.79 Å². The number of alkyl halides is 3. The number of carbonyl (C=O) groups excluding carboxylic acids is 1. The third-order valence-electron chi connectivity index (χ3n) is 3.01. The molecule has 0 bridgehead atoms. The second-order valence-corrected chi connectivity index (χ2v) is 4.47. The van der Waals surface area contributed by atoms with Crippen molar-refractivity contribution in [2.75, 3.05) is 26.2 Å². The Bertz CT molecular complexity index is 326. The van der Waals surface area contributed by atoms with E-state index < -0.39 is 11.7 Å². The van der Waals surface area contributed by atoms with E-state index in [0.29, 0.717) is 6.54 Å². The van der Waals surface area contributed by atoms with E-state index in [1.807, 2.05) is 6.92 Å². The minimum atomic E-state index is -4.26. The van der Waals surface area contributed by atoms with Gasteiger partial charge in [-0.1, -0.05) is 19.9 Å². The number of rotatable bonds is 4. The van der Waals surface area contributed by atoms with Crippen molar-refractivity contribution in [1.82, 2.24) is 10.2 Å². The van der Waals surface area contributed by atoms with Gasteiger partial charge in [-0.15, -0.1) is 0 Å². The van der Waals surface area contributed by atoms with E-state index >= 15 is 0 Å². The predicted molar refractivity (Wildman–Crippen MR) is 63.0 cm³/mol. The average molecular weight is 264 g/mol. The molecule has 1 aliphatic heterocycles. The first-order valence-corrected chi connectivity index (χ1v) is 6.12. The number of halogens is 3. The van der Waals surface area contributed by atoms with E-state index in [4.69, 9.17) is 0 Å². The van der Waals surface area contributed by atoms with Crippen LogP contribution in [0.4, 0.5) is 13.2 Å². The Labute approximate surface area is 105 Å². The third kappa shape index (κ3) is 4.01. The Morgan fingerprint density at radius 3 is 2.67 bits per heavy atom. The van der Waals surface area contributed by atoms with Gasteiger partial charge < -0.3 is 10.2 Å². The van der Waals surface area contributed by atoms with Gasteiger partial charge in [-0.05, 0) is 13.0 Å². The van der Waals surface area contributed by atoms with Crippen molar-refractivity contribution in [3.63, 3.8) is 0 Å². The highest BCUT2D eigenvalue weighted by Crippen LogP contribution is 2.30. The van der Waals surface area contributed by atoms with Gasteiger partial charge in [0.1, 0.15) is 0 Å². The van der Waals surface area contributed by atoms with Gasteiger partial charge in [-0.2, -0.15) is 13.2 Å². The Morgan fingerprint density at radius 2 is 2.22 bits per heavy atom. The zero-order chi connectivity index (χ0) is 13.8. The smallest absolute Gasteiger partial charge is 0.338 e. The topological polar surface area (TPSA) is 32.3 Å². The maximum atomic E-state index is 12.4. The van der Waals surface area contributed by atoms with Gasteiger partial charge in [0.25, 0.3) is 0 Å². The lowest BCUT2D eigenvalue weighted by molar-refractivity contribution is -0.135. The van der Waals surface area contributed by atoms with Crippen LogP contribution in [0.2, 0.25) is 0 Å². The average Bonchev–Trinajstić information content (AvgIpc) is 2.34. The molecule has 1 amide bonds. The summed E-state index contributed by atoms with van der Waals surface area (Å²) in [6.45, 7) is 5.27. The highest BCUT2D eigenvalue weighted by molar-refractivity contribution is 5.79. The number of carbonyl (C=O) groups is 1. The van der Waals surface area contributed by atoms with Gasteiger partial charge in [0, 0.05) is 31.1 Å². The molecule has 0 aliphatic carbocycles. The van der Waals surface area contributed by atoms with E-state index in [1.165, 1.54) is 4.90 Å². The molecule has 0 aromatic rings. The molecule has 0 radical (unpaired) electrons. The molecule has 18 heavy (non-hydrogen) atoms. The second-order valence-electron chi connectivity index (χ2n) is 4.47. The largest absolute Gasteiger partial charge is 0.412 e. The lowest BCUT2D eigenvalue weighted by Gasteiger charge is -2.29. The summed E-state index contributed by atoms with van der Waals surface area (Å²) in [7, 11) is 0. The van der Waals surface area contributed by atoms with Crippen LogP contribution in [-0.2, 0) is 4.79 Å². The third-order valence-corrected chi connectivity index (χ3v) is 3.01. The zero-order valence-electron chi connectivity index (χ0n) is 10.7. The monoisotopic (exact) mass is 264 g/mol. The van der Waals surface area contributed by atoms with Gasteiger partial charge in [0.05, 0.1) is 0 Å². The van der Waals surface area contributed by atoms with E-state index in [0.717, 1.165) is 12.6 Å². The van der Waals surface area contributed by atoms with Crippen molar-refractivity contribution in [2.24, 2.45) is 5.92 Å². The van der Waals surface area contributed by atoms with Crippen molar-refractivity contribution >= 4 is 5.91 Å². The fourth-order valence-corrected chi connectivity index (χ4v) is 1.89. The lowest BCUT2D eigenvalue weighted by Crippen LogP contribution is -2.42. The Morgan fingerprint density at radius 1 is 1.56 bits per heavy atom. The van der Waals surface area contributed by atoms with Crippen molar-refractivity contribution < 1.29 is 18.0 Å². The summed E-state index contributed by atoms with van der Waals surface area (Å²) in [6, 6.07) is 0. The van der Waals surface area contributed by atoms with Crippen molar-refractivity contribution in [1.29, 1.82) is 0 Å². The normalized spacial score (nSPS) is 18.5. The molecule has 104 valence electrons. The highest BCUT2D eigenvalue weighted by atomic mass is 19.4. The highest BCUT2D eigenvalue weighted by Gasteiger charge is 2.35. The summed E-state index contributed by atoms with van der Waals surface area (Å²) in [4.78, 5) is 13.4. The maximum absolute atomic E-state index is 12.4. The Kier molecular flexibility index (Phi) is 5.19. The van der Waals surface area contributed by atoms with E-state index in [2.05, 4.69) is 5.32 Å². The van der Waals surface area contributed by atoms with Gasteiger partial charge in [0.2, 0.25) is 5.91 Å². The Hall–Kier alpha value is -1.04. The molecule has 0 aromatic heterocycles. The number of nitrogens with zero attached hydrogens (tertiary/aromatic N) is 1. The summed E-state index contributed by atoms with van der Waals surface area (Å²) >= 11 is 0. The van der Waals surface area contributed by atoms with E-state index in [9.17, 15) is 18.0 Å². The summed E-state index contributed by atoms with van der Waals surface area (Å²) in [5.41, 5.74) is -0.522. The number of hydrogen-bond acceptors (Lipinski definition) is 2. The number of amides is 1. The fourth-order valence-electron chi connectivity index (χ4n) is 1.89. The van der Waals surface area contributed by atoms with Crippen LogP contribution in [0.25, 0.3) is 0 Å². The molecule has 1 aliphatic rings. The lowest BCUT2D eigenvalue weighted by atomic mass is 10.1. The molecule has 1 N–H and O–H groups in total. The van der Waals surface area contributed by atoms with Crippen LogP contribution in [-0.4, -0.2) is 43.2 Å². The minimum absolute atomic E-state index is 0.0597. The van der Waals surface area contributed by atoms with Crippen LogP contribution in [0.15, 0.2) is 11.6 Å². The first-order valence-electron chi connectivity index (χ1n) is 6.12. The number of nitrogens with one attached hydrogen (secondary N) is 1. The summed E-state index contributed by atoms with van der Waals surface area (Å²) in [6.07, 6.45) is -3.25. The summed E-state index contributed by atoms with van der Waals surface area (Å²) in [5, 5.41) is 3.06. The maximum Gasteiger partial charge on any atom is 0.412 e. The van der Waals surface area contributed by atoms with Crippen molar-refractivity contribution in [2.45, 2.75) is 26.4 Å². The van der Waals surface area contributed by atoms with Crippen LogP contribution in [0.5, 0.6) is 0 Å². The zero-order valence-corrected chi connectivity index (χ0v) is 10.7. The molecular formula is C12H19F3N2O. The molecule has 1 atom stereocenters. The summed E-state index contributed by atoms with van der Waals surface area (Å²) in [5.74, 6) is -0.292. The molecule has 1 rings (SSSR count). The van der Waals surface area contributed by atoms with E-state index in [-0.39, 0.29) is 31.3 Å². The van der Waals surface area contributed by atoms with Gasteiger partial charge in [-0.25, -0.2) is 0 Å². The number of hydrogen-bond donors (Lipinski definition) is 1. The first kappa shape index (κ1) is 15.0. The molecule has 1 heterocycles. The van der Waals surface area contributed by atoms with Crippen LogP contribution >= 0.6 is 0 Å². The van der Waals surface area contributed by atoms with Crippen LogP contribution in [0.1, 0.15) is 20.3 Å². The van der Waals surface area contributed by atoms with Crippen LogP contribution in [0, 0.1) is 5.92 Å².